The zero-order valence-corrected chi connectivity index (χ0v) is 28.5. The zero-order valence-electron chi connectivity index (χ0n) is 26.9. The summed E-state index contributed by atoms with van der Waals surface area (Å²) in [6, 6.07) is 57.3. The molecular formula is C46H28N2S2. The van der Waals surface area contributed by atoms with Crippen molar-refractivity contribution < 1.29 is 0 Å². The third-order valence-corrected chi connectivity index (χ3v) is 11.8. The normalized spacial score (nSPS) is 11.8. The minimum absolute atomic E-state index is 0.347. The number of rotatable bonds is 6. The van der Waals surface area contributed by atoms with Gasteiger partial charge in [0.1, 0.15) is 6.07 Å². The van der Waals surface area contributed by atoms with E-state index in [9.17, 15) is 5.26 Å². The van der Waals surface area contributed by atoms with Crippen LogP contribution in [0.1, 0.15) is 4.88 Å². The van der Waals surface area contributed by atoms with Gasteiger partial charge in [0.15, 0.2) is 0 Å². The molecule has 0 amide bonds. The van der Waals surface area contributed by atoms with Gasteiger partial charge in [0.25, 0.3) is 0 Å². The van der Waals surface area contributed by atoms with Gasteiger partial charge in [0.05, 0.1) is 5.57 Å². The van der Waals surface area contributed by atoms with E-state index < -0.39 is 0 Å². The predicted molar refractivity (Wildman–Crippen MR) is 216 cm³/mol. The highest BCUT2D eigenvalue weighted by molar-refractivity contribution is 7.24. The summed E-state index contributed by atoms with van der Waals surface area (Å²) in [6.07, 6.45) is 2.87. The second-order valence-electron chi connectivity index (χ2n) is 12.4. The number of allylic oxidation sites excluding steroid dienone is 1. The van der Waals surface area contributed by atoms with Gasteiger partial charge in [-0.3, -0.25) is 0 Å². The minimum atomic E-state index is 0.347. The maximum atomic E-state index is 9.27. The summed E-state index contributed by atoms with van der Waals surface area (Å²) in [4.78, 5) is 4.50. The highest BCUT2D eigenvalue weighted by Crippen LogP contribution is 2.47. The Morgan fingerprint density at radius 3 is 1.64 bits per heavy atom. The number of nitrogens with zero attached hydrogens (tertiary/aromatic N) is 1. The Labute approximate surface area is 298 Å². The molecule has 234 valence electrons. The van der Waals surface area contributed by atoms with E-state index in [1.54, 1.807) is 28.7 Å². The molecule has 0 saturated heterocycles. The highest BCUT2D eigenvalue weighted by Gasteiger charge is 2.19. The van der Waals surface area contributed by atoms with Crippen LogP contribution < -0.4 is 0 Å². The molecule has 7 aromatic carbocycles. The first-order valence-electron chi connectivity index (χ1n) is 16.5. The Bertz CT molecular complexity index is 2860. The second kappa shape index (κ2) is 12.4. The minimum Gasteiger partial charge on any atom is -0.307 e. The van der Waals surface area contributed by atoms with Crippen LogP contribution in [-0.2, 0) is 0 Å². The van der Waals surface area contributed by atoms with Crippen LogP contribution in [0.5, 0.6) is 0 Å². The molecule has 0 saturated carbocycles. The third-order valence-electron chi connectivity index (χ3n) is 9.44. The Balaban J connectivity index is 1.27. The summed E-state index contributed by atoms with van der Waals surface area (Å²) in [6.45, 7) is 0. The molecule has 1 N–H and O–H groups in total. The molecule has 9 aromatic rings. The molecule has 4 heteroatoms. The average molecular weight is 673 g/mol. The van der Waals surface area contributed by atoms with Crippen LogP contribution in [0.3, 0.4) is 0 Å². The summed E-state index contributed by atoms with van der Waals surface area (Å²) < 4.78 is 0. The first-order chi connectivity index (χ1) is 24.7. The molecule has 50 heavy (non-hydrogen) atoms. The van der Waals surface area contributed by atoms with Crippen molar-refractivity contribution in [2.45, 2.75) is 0 Å². The Kier molecular flexibility index (Phi) is 7.43. The molecule has 9 rings (SSSR count). The van der Waals surface area contributed by atoms with Gasteiger partial charge in [-0.25, -0.2) is 0 Å². The summed E-state index contributed by atoms with van der Waals surface area (Å²) >= 11 is 3.42. The van der Waals surface area contributed by atoms with Crippen LogP contribution in [0, 0.1) is 16.7 Å². The third kappa shape index (κ3) is 5.21. The van der Waals surface area contributed by atoms with Crippen molar-refractivity contribution >= 4 is 78.1 Å². The number of nitrogens with one attached hydrogen (secondary N) is 1. The molecule has 0 aliphatic carbocycles. The zero-order chi connectivity index (χ0) is 33.6. The Hall–Kier alpha value is -6.12. The Morgan fingerprint density at radius 1 is 0.480 bits per heavy atom. The molecule has 0 radical (unpaired) electrons. The van der Waals surface area contributed by atoms with Crippen LogP contribution in [0.25, 0.3) is 91.6 Å². The lowest BCUT2D eigenvalue weighted by Crippen LogP contribution is -1.92. The number of thiophene rings is 2. The molecule has 0 atom stereocenters. The lowest BCUT2D eigenvalue weighted by Gasteiger charge is -2.19. The van der Waals surface area contributed by atoms with E-state index in [4.69, 9.17) is 5.41 Å². The molecule has 2 heterocycles. The van der Waals surface area contributed by atoms with Crippen molar-refractivity contribution in [1.82, 2.24) is 0 Å². The van der Waals surface area contributed by atoms with Crippen molar-refractivity contribution in [2.75, 3.05) is 0 Å². The molecule has 0 fully saturated rings. The Morgan fingerprint density at radius 2 is 1.00 bits per heavy atom. The van der Waals surface area contributed by atoms with Gasteiger partial charge >= 0.3 is 0 Å². The molecule has 0 aliphatic heterocycles. The van der Waals surface area contributed by atoms with Crippen molar-refractivity contribution in [3.05, 3.63) is 162 Å². The summed E-state index contributed by atoms with van der Waals surface area (Å²) in [5.74, 6) is 0. The van der Waals surface area contributed by atoms with E-state index in [0.29, 0.717) is 5.57 Å². The predicted octanol–water partition coefficient (Wildman–Crippen LogP) is 13.6. The fraction of sp³-hybridized carbons (Fsp3) is 0. The fourth-order valence-electron chi connectivity index (χ4n) is 7.09. The standard InChI is InChI=1S/C46H28N2S2/c47-27-29(28-48)23-37-18-20-43(49-37)44-22-21-42(50-44)34-17-19-40-41(26-34)46(36-16-14-31-8-2-4-10-33(31)25-36)39-12-6-5-11-38(39)45(40)35-15-13-30-7-1-3-9-32(30)24-35/h1-27,47H/b29-23+,47-27?. The summed E-state index contributed by atoms with van der Waals surface area (Å²) in [5.41, 5.74) is 6.46. The van der Waals surface area contributed by atoms with Crippen LogP contribution in [0.4, 0.5) is 0 Å². The summed E-state index contributed by atoms with van der Waals surface area (Å²) in [7, 11) is 0. The number of benzene rings is 7. The van der Waals surface area contributed by atoms with Crippen LogP contribution >= 0.6 is 22.7 Å². The van der Waals surface area contributed by atoms with Crippen molar-refractivity contribution in [1.29, 1.82) is 10.7 Å². The first kappa shape index (κ1) is 30.0. The van der Waals surface area contributed by atoms with Gasteiger partial charge in [-0.2, -0.15) is 5.26 Å². The quantitative estimate of drug-likeness (QED) is 0.107. The second-order valence-corrected chi connectivity index (χ2v) is 14.6. The van der Waals surface area contributed by atoms with Gasteiger partial charge in [-0.05, 0) is 119 Å². The molecule has 0 unspecified atom stereocenters. The van der Waals surface area contributed by atoms with Crippen molar-refractivity contribution in [3.63, 3.8) is 0 Å². The van der Waals surface area contributed by atoms with Crippen LogP contribution in [0.2, 0.25) is 0 Å². The molecular weight excluding hydrogens is 645 g/mol. The van der Waals surface area contributed by atoms with Crippen LogP contribution in [0.15, 0.2) is 157 Å². The molecule has 0 spiro atoms. The number of fused-ring (bicyclic) bond motifs is 4. The van der Waals surface area contributed by atoms with E-state index in [-0.39, 0.29) is 0 Å². The van der Waals surface area contributed by atoms with Gasteiger partial charge in [-0.1, -0.05) is 109 Å². The monoisotopic (exact) mass is 672 g/mol. The van der Waals surface area contributed by atoms with Gasteiger partial charge in [-0.15, -0.1) is 22.7 Å². The molecule has 2 nitrogen and oxygen atoms in total. The number of hydrogen-bond donors (Lipinski definition) is 1. The van der Waals surface area contributed by atoms with E-state index >= 15 is 0 Å². The van der Waals surface area contributed by atoms with E-state index in [2.05, 4.69) is 152 Å². The largest absolute Gasteiger partial charge is 0.307 e. The molecule has 0 aliphatic rings. The van der Waals surface area contributed by atoms with E-state index in [0.717, 1.165) is 16.0 Å². The summed E-state index contributed by atoms with van der Waals surface area (Å²) in [5, 5.41) is 26.6. The molecule has 2 aromatic heterocycles. The van der Waals surface area contributed by atoms with Gasteiger partial charge in [0, 0.05) is 25.7 Å². The average Bonchev–Trinajstić information content (AvgIpc) is 3.86. The highest BCUT2D eigenvalue weighted by atomic mass is 32.1. The van der Waals surface area contributed by atoms with Crippen molar-refractivity contribution in [3.8, 4) is 48.5 Å². The number of nitriles is 1. The van der Waals surface area contributed by atoms with Crippen LogP contribution in [-0.4, -0.2) is 6.21 Å². The maximum absolute atomic E-state index is 9.27. The maximum Gasteiger partial charge on any atom is 0.101 e. The lowest BCUT2D eigenvalue weighted by molar-refractivity contribution is 1.50. The van der Waals surface area contributed by atoms with E-state index in [1.807, 2.05) is 6.07 Å². The topological polar surface area (TPSA) is 47.6 Å². The smallest absolute Gasteiger partial charge is 0.101 e. The SMILES string of the molecule is N#C/C(C=N)=C/c1ccc(-c2ccc(-c3ccc4c(-c5ccc6ccccc6c5)c5ccccc5c(-c5ccc6ccccc6c5)c4c3)s2)s1. The van der Waals surface area contributed by atoms with Gasteiger partial charge in [0.2, 0.25) is 0 Å². The molecule has 0 bridgehead atoms. The van der Waals surface area contributed by atoms with E-state index in [1.165, 1.54) is 80.7 Å². The fourth-order valence-corrected chi connectivity index (χ4v) is 9.14. The lowest BCUT2D eigenvalue weighted by atomic mass is 9.84. The van der Waals surface area contributed by atoms with Crippen molar-refractivity contribution in [2.24, 2.45) is 0 Å². The first-order valence-corrected chi connectivity index (χ1v) is 18.1. The van der Waals surface area contributed by atoms with Gasteiger partial charge < -0.3 is 5.41 Å². The number of hydrogen-bond acceptors (Lipinski definition) is 4.